The van der Waals surface area contributed by atoms with Crippen LogP contribution < -0.4 is 0 Å². The van der Waals surface area contributed by atoms with Crippen molar-refractivity contribution < 1.29 is 31.4 Å². The Morgan fingerprint density at radius 3 is 1.44 bits per heavy atom. The number of benzene rings is 1. The maximum Gasteiger partial charge on any atom is 0.420 e. The number of halogens is 7. The largest absolute Gasteiger partial charge is 0.507 e. The van der Waals surface area contributed by atoms with E-state index in [0.29, 0.717) is 12.1 Å². The lowest BCUT2D eigenvalue weighted by Gasteiger charge is -2.15. The van der Waals surface area contributed by atoms with E-state index < -0.39 is 29.2 Å². The van der Waals surface area contributed by atoms with Gasteiger partial charge in [-0.2, -0.15) is 26.3 Å². The van der Waals surface area contributed by atoms with E-state index >= 15 is 0 Å². The Morgan fingerprint density at radius 1 is 0.875 bits per heavy atom. The molecule has 0 fully saturated rings. The van der Waals surface area contributed by atoms with Gasteiger partial charge in [0, 0.05) is 3.57 Å². The molecule has 0 aliphatic rings. The molecule has 0 heterocycles. The van der Waals surface area contributed by atoms with Gasteiger partial charge >= 0.3 is 12.4 Å². The second kappa shape index (κ2) is 3.97. The Labute approximate surface area is 99.2 Å². The fourth-order valence-electron chi connectivity index (χ4n) is 1.03. The van der Waals surface area contributed by atoms with E-state index in [9.17, 15) is 26.3 Å². The molecule has 0 aliphatic heterocycles. The van der Waals surface area contributed by atoms with Crippen molar-refractivity contribution in [1.82, 2.24) is 0 Å². The predicted molar refractivity (Wildman–Crippen MR) is 50.8 cm³/mol. The summed E-state index contributed by atoms with van der Waals surface area (Å²) in [4.78, 5) is 0. The van der Waals surface area contributed by atoms with E-state index in [1.165, 1.54) is 22.6 Å². The molecule has 1 aromatic rings. The molecule has 0 atom stereocenters. The second-order valence-corrected chi connectivity index (χ2v) is 4.09. The fourth-order valence-corrected chi connectivity index (χ4v) is 1.65. The Bertz CT molecular complexity index is 373. The highest BCUT2D eigenvalue weighted by Crippen LogP contribution is 2.44. The smallest absolute Gasteiger partial charge is 0.420 e. The van der Waals surface area contributed by atoms with Gasteiger partial charge in [0.1, 0.15) is 5.75 Å². The monoisotopic (exact) mass is 356 g/mol. The predicted octanol–water partition coefficient (Wildman–Crippen LogP) is 4.03. The van der Waals surface area contributed by atoms with Gasteiger partial charge < -0.3 is 5.11 Å². The number of hydrogen-bond donors (Lipinski definition) is 1. The molecule has 16 heavy (non-hydrogen) atoms. The Hall–Kier alpha value is -0.670. The van der Waals surface area contributed by atoms with Crippen LogP contribution in [0.15, 0.2) is 12.1 Å². The first kappa shape index (κ1) is 13.4. The molecule has 0 radical (unpaired) electrons. The van der Waals surface area contributed by atoms with E-state index in [0.717, 1.165) is 0 Å². The SMILES string of the molecule is Oc1c(C(F)(F)F)cc(I)cc1C(F)(F)F. The minimum absolute atomic E-state index is 0.255. The van der Waals surface area contributed by atoms with Crippen molar-refractivity contribution in [3.05, 3.63) is 26.8 Å². The van der Waals surface area contributed by atoms with Crippen molar-refractivity contribution in [2.24, 2.45) is 0 Å². The lowest BCUT2D eigenvalue weighted by atomic mass is 10.1. The molecule has 90 valence electrons. The van der Waals surface area contributed by atoms with Gasteiger partial charge in [0.05, 0.1) is 11.1 Å². The van der Waals surface area contributed by atoms with E-state index in [2.05, 4.69) is 0 Å². The minimum Gasteiger partial charge on any atom is -0.507 e. The summed E-state index contributed by atoms with van der Waals surface area (Å²) in [5, 5.41) is 8.94. The third-order valence-electron chi connectivity index (χ3n) is 1.69. The molecule has 0 amide bonds. The molecule has 0 saturated carbocycles. The van der Waals surface area contributed by atoms with Crippen LogP contribution in [-0.4, -0.2) is 5.11 Å². The maximum absolute atomic E-state index is 12.3. The van der Waals surface area contributed by atoms with Crippen LogP contribution >= 0.6 is 22.6 Å². The van der Waals surface area contributed by atoms with Crippen LogP contribution in [0.3, 0.4) is 0 Å². The van der Waals surface area contributed by atoms with Gasteiger partial charge in [0.2, 0.25) is 0 Å². The normalized spacial score (nSPS) is 12.9. The van der Waals surface area contributed by atoms with Crippen LogP contribution in [0.4, 0.5) is 26.3 Å². The fraction of sp³-hybridized carbons (Fsp3) is 0.250. The molecule has 0 unspecified atom stereocenters. The van der Waals surface area contributed by atoms with Crippen molar-refractivity contribution in [2.45, 2.75) is 12.4 Å². The lowest BCUT2D eigenvalue weighted by molar-refractivity contribution is -0.145. The zero-order chi connectivity index (χ0) is 12.7. The molecule has 1 nitrogen and oxygen atoms in total. The molecule has 0 saturated heterocycles. The van der Waals surface area contributed by atoms with Crippen LogP contribution in [-0.2, 0) is 12.4 Å². The van der Waals surface area contributed by atoms with Gasteiger partial charge in [-0.25, -0.2) is 0 Å². The van der Waals surface area contributed by atoms with Gasteiger partial charge in [-0.05, 0) is 34.7 Å². The Morgan fingerprint density at radius 2 is 1.19 bits per heavy atom. The second-order valence-electron chi connectivity index (χ2n) is 2.85. The van der Waals surface area contributed by atoms with E-state index in [1.807, 2.05) is 0 Å². The summed E-state index contributed by atoms with van der Waals surface area (Å²) < 4.78 is 73.3. The summed E-state index contributed by atoms with van der Waals surface area (Å²) in [6, 6.07) is 0.899. The summed E-state index contributed by atoms with van der Waals surface area (Å²) in [6.07, 6.45) is -10.0. The van der Waals surface area contributed by atoms with Gasteiger partial charge in [0.25, 0.3) is 0 Å². The first-order valence-corrected chi connectivity index (χ1v) is 4.78. The van der Waals surface area contributed by atoms with Crippen LogP contribution in [0.5, 0.6) is 5.75 Å². The number of aromatic hydroxyl groups is 1. The van der Waals surface area contributed by atoms with Gasteiger partial charge in [-0.3, -0.25) is 0 Å². The molecule has 0 bridgehead atoms. The van der Waals surface area contributed by atoms with E-state index in [1.54, 1.807) is 0 Å². The maximum atomic E-state index is 12.3. The molecule has 0 aromatic heterocycles. The van der Waals surface area contributed by atoms with E-state index in [4.69, 9.17) is 5.11 Å². The number of hydrogen-bond acceptors (Lipinski definition) is 1. The van der Waals surface area contributed by atoms with Gasteiger partial charge in [-0.1, -0.05) is 0 Å². The first-order valence-electron chi connectivity index (χ1n) is 3.70. The van der Waals surface area contributed by atoms with Crippen LogP contribution in [0.1, 0.15) is 11.1 Å². The van der Waals surface area contributed by atoms with E-state index in [-0.39, 0.29) is 3.57 Å². The summed E-state index contributed by atoms with van der Waals surface area (Å²) in [5.41, 5.74) is -3.38. The summed E-state index contributed by atoms with van der Waals surface area (Å²) in [5.74, 6) is -1.79. The summed E-state index contributed by atoms with van der Waals surface area (Å²) >= 11 is 1.32. The average molecular weight is 356 g/mol. The molecular formula is C8H3F6IO. The Balaban J connectivity index is 3.51. The van der Waals surface area contributed by atoms with Gasteiger partial charge in [-0.15, -0.1) is 0 Å². The van der Waals surface area contributed by atoms with Crippen molar-refractivity contribution in [3.8, 4) is 5.75 Å². The first-order chi connectivity index (χ1) is 7.03. The van der Waals surface area contributed by atoms with Crippen LogP contribution in [0.2, 0.25) is 0 Å². The quantitative estimate of drug-likeness (QED) is 0.550. The summed E-state index contributed by atoms with van der Waals surface area (Å²) in [7, 11) is 0. The van der Waals surface area contributed by atoms with Crippen molar-refractivity contribution in [2.75, 3.05) is 0 Å². The van der Waals surface area contributed by atoms with Crippen molar-refractivity contribution in [3.63, 3.8) is 0 Å². The number of phenolic OH excluding ortho intramolecular Hbond substituents is 1. The molecule has 1 aromatic carbocycles. The zero-order valence-electron chi connectivity index (χ0n) is 7.25. The van der Waals surface area contributed by atoms with Gasteiger partial charge in [0.15, 0.2) is 0 Å². The third-order valence-corrected chi connectivity index (χ3v) is 2.31. The molecule has 0 aliphatic carbocycles. The third kappa shape index (κ3) is 2.71. The van der Waals surface area contributed by atoms with Crippen molar-refractivity contribution in [1.29, 1.82) is 0 Å². The highest BCUT2D eigenvalue weighted by atomic mass is 127. The van der Waals surface area contributed by atoms with Crippen LogP contribution in [0, 0.1) is 3.57 Å². The molecule has 1 rings (SSSR count). The molecular weight excluding hydrogens is 353 g/mol. The Kier molecular flexibility index (Phi) is 3.32. The molecule has 8 heteroatoms. The van der Waals surface area contributed by atoms with Crippen LogP contribution in [0.25, 0.3) is 0 Å². The molecule has 0 spiro atoms. The standard InChI is InChI=1S/C8H3F6IO/c9-7(10,11)4-1-3(15)2-5(6(4)16)8(12,13)14/h1-2,16H. The average Bonchev–Trinajstić information content (AvgIpc) is 2.04. The number of rotatable bonds is 0. The minimum atomic E-state index is -5.02. The van der Waals surface area contributed by atoms with Crippen molar-refractivity contribution >= 4 is 22.6 Å². The topological polar surface area (TPSA) is 20.2 Å². The zero-order valence-corrected chi connectivity index (χ0v) is 9.41. The summed E-state index contributed by atoms with van der Waals surface area (Å²) in [6.45, 7) is 0. The number of phenols is 1. The highest BCUT2D eigenvalue weighted by Gasteiger charge is 2.41. The number of alkyl halides is 6. The molecule has 1 N–H and O–H groups in total. The highest BCUT2D eigenvalue weighted by molar-refractivity contribution is 14.1. The lowest BCUT2D eigenvalue weighted by Crippen LogP contribution is -2.12.